The molecule has 0 aliphatic carbocycles. The second-order valence-corrected chi connectivity index (χ2v) is 5.09. The summed E-state index contributed by atoms with van der Waals surface area (Å²) in [6, 6.07) is 5.70. The summed E-state index contributed by atoms with van der Waals surface area (Å²) in [5.41, 5.74) is 0.607. The number of carbonyl (C=O) groups is 3. The molecule has 1 rings (SSSR count). The highest BCUT2D eigenvalue weighted by Crippen LogP contribution is 2.13. The Kier molecular flexibility index (Phi) is 8.49. The van der Waals surface area contributed by atoms with Gasteiger partial charge in [-0.15, -0.1) is 0 Å². The second kappa shape index (κ2) is 10.4. The monoisotopic (exact) mass is 337 g/mol. The van der Waals surface area contributed by atoms with Crippen LogP contribution in [0.3, 0.4) is 0 Å². The zero-order valence-corrected chi connectivity index (χ0v) is 13.9. The van der Waals surface area contributed by atoms with Gasteiger partial charge >= 0.3 is 5.97 Å². The van der Waals surface area contributed by atoms with Crippen LogP contribution in [-0.2, 0) is 14.3 Å². The molecule has 132 valence electrons. The summed E-state index contributed by atoms with van der Waals surface area (Å²) in [7, 11) is 0. The molecule has 0 fully saturated rings. The molecule has 1 atom stereocenters. The Balaban J connectivity index is 2.30. The minimum Gasteiger partial charge on any atom is -0.494 e. The number of amides is 1. The first-order valence-corrected chi connectivity index (χ1v) is 7.78. The number of benzene rings is 1. The van der Waals surface area contributed by atoms with Crippen molar-refractivity contribution in [3.8, 4) is 5.75 Å². The third-order valence-electron chi connectivity index (χ3n) is 3.17. The van der Waals surface area contributed by atoms with E-state index in [1.165, 1.54) is 6.92 Å². The van der Waals surface area contributed by atoms with Crippen molar-refractivity contribution < 1.29 is 29.0 Å². The molecule has 0 saturated heterocycles. The summed E-state index contributed by atoms with van der Waals surface area (Å²) >= 11 is 0. The van der Waals surface area contributed by atoms with Gasteiger partial charge in [0, 0.05) is 12.0 Å². The highest BCUT2D eigenvalue weighted by Gasteiger charge is 2.20. The highest BCUT2D eigenvalue weighted by molar-refractivity contribution is 5.94. The van der Waals surface area contributed by atoms with Gasteiger partial charge in [-0.1, -0.05) is 0 Å². The Hall–Kier alpha value is -2.41. The first-order valence-electron chi connectivity index (χ1n) is 7.78. The van der Waals surface area contributed by atoms with E-state index in [9.17, 15) is 14.4 Å². The van der Waals surface area contributed by atoms with Gasteiger partial charge in [-0.05, 0) is 44.5 Å². The summed E-state index contributed by atoms with van der Waals surface area (Å²) in [5.74, 6) is -0.425. The maximum atomic E-state index is 11.7. The molecule has 2 N–H and O–H groups in total. The molecule has 0 radical (unpaired) electrons. The molecular formula is C17H23NO6. The third kappa shape index (κ3) is 6.78. The van der Waals surface area contributed by atoms with Crippen LogP contribution in [0.2, 0.25) is 0 Å². The van der Waals surface area contributed by atoms with E-state index in [0.29, 0.717) is 24.3 Å². The molecule has 24 heavy (non-hydrogen) atoms. The number of aliphatic hydroxyl groups is 1. The van der Waals surface area contributed by atoms with Gasteiger partial charge in [-0.2, -0.15) is 0 Å². The normalized spacial score (nSPS) is 11.5. The van der Waals surface area contributed by atoms with E-state index in [1.54, 1.807) is 31.2 Å². The summed E-state index contributed by atoms with van der Waals surface area (Å²) in [4.78, 5) is 34.3. The SMILES string of the molecule is CCOC(=O)[C@H](CO)NC(=O)CCCOc1ccc(C(C)=O)cc1. The Labute approximate surface area is 141 Å². The van der Waals surface area contributed by atoms with E-state index in [1.807, 2.05) is 0 Å². The molecule has 7 nitrogen and oxygen atoms in total. The molecule has 0 bridgehead atoms. The molecule has 0 saturated carbocycles. The van der Waals surface area contributed by atoms with Gasteiger partial charge in [-0.25, -0.2) is 4.79 Å². The summed E-state index contributed by atoms with van der Waals surface area (Å²) in [6.07, 6.45) is 0.600. The van der Waals surface area contributed by atoms with Gasteiger partial charge in [0.25, 0.3) is 0 Å². The van der Waals surface area contributed by atoms with Crippen LogP contribution >= 0.6 is 0 Å². The highest BCUT2D eigenvalue weighted by atomic mass is 16.5. The van der Waals surface area contributed by atoms with Crippen molar-refractivity contribution in [2.75, 3.05) is 19.8 Å². The summed E-state index contributed by atoms with van der Waals surface area (Å²) in [6.45, 7) is 3.12. The molecule has 1 aromatic carbocycles. The van der Waals surface area contributed by atoms with Crippen LogP contribution in [0.15, 0.2) is 24.3 Å². The zero-order valence-electron chi connectivity index (χ0n) is 13.9. The number of Topliss-reactive ketones (excluding diaryl/α,β-unsaturated/α-hetero) is 1. The number of nitrogens with one attached hydrogen (secondary N) is 1. The predicted molar refractivity (Wildman–Crippen MR) is 86.8 cm³/mol. The van der Waals surface area contributed by atoms with Gasteiger partial charge in [0.15, 0.2) is 11.8 Å². The van der Waals surface area contributed by atoms with E-state index in [0.717, 1.165) is 0 Å². The van der Waals surface area contributed by atoms with Crippen molar-refractivity contribution in [2.45, 2.75) is 32.7 Å². The first kappa shape index (κ1) is 19.6. The van der Waals surface area contributed by atoms with E-state index in [4.69, 9.17) is 14.6 Å². The Morgan fingerprint density at radius 3 is 2.42 bits per heavy atom. The van der Waals surface area contributed by atoms with Gasteiger partial charge in [0.2, 0.25) is 5.91 Å². The van der Waals surface area contributed by atoms with Crippen molar-refractivity contribution >= 4 is 17.7 Å². The summed E-state index contributed by atoms with van der Waals surface area (Å²) < 4.78 is 10.2. The van der Waals surface area contributed by atoms with Gasteiger partial charge in [0.05, 0.1) is 19.8 Å². The van der Waals surface area contributed by atoms with Gasteiger partial charge < -0.3 is 19.9 Å². The van der Waals surface area contributed by atoms with Crippen molar-refractivity contribution in [1.82, 2.24) is 5.32 Å². The molecule has 1 aromatic rings. The molecule has 0 spiro atoms. The van der Waals surface area contributed by atoms with Crippen LogP contribution in [0.1, 0.15) is 37.0 Å². The van der Waals surface area contributed by atoms with Crippen LogP contribution in [0.4, 0.5) is 0 Å². The Bertz CT molecular complexity index is 555. The number of aliphatic hydroxyl groups excluding tert-OH is 1. The second-order valence-electron chi connectivity index (χ2n) is 5.09. The van der Waals surface area contributed by atoms with Crippen molar-refractivity contribution in [3.63, 3.8) is 0 Å². The lowest BCUT2D eigenvalue weighted by Gasteiger charge is -2.14. The molecular weight excluding hydrogens is 314 g/mol. The molecule has 0 aliphatic rings. The number of rotatable bonds is 10. The maximum absolute atomic E-state index is 11.7. The van der Waals surface area contributed by atoms with Gasteiger partial charge in [-0.3, -0.25) is 9.59 Å². The Morgan fingerprint density at radius 2 is 1.88 bits per heavy atom. The van der Waals surface area contributed by atoms with Crippen molar-refractivity contribution in [2.24, 2.45) is 0 Å². The predicted octanol–water partition coefficient (Wildman–Crippen LogP) is 1.09. The number of hydrogen-bond acceptors (Lipinski definition) is 6. The van der Waals surface area contributed by atoms with Crippen LogP contribution in [0, 0.1) is 0 Å². The van der Waals surface area contributed by atoms with Crippen molar-refractivity contribution in [3.05, 3.63) is 29.8 Å². The number of ether oxygens (including phenoxy) is 2. The number of esters is 1. The summed E-state index contributed by atoms with van der Waals surface area (Å²) in [5, 5.41) is 11.5. The fourth-order valence-corrected chi connectivity index (χ4v) is 1.90. The van der Waals surface area contributed by atoms with Crippen LogP contribution in [0.5, 0.6) is 5.75 Å². The minimum absolute atomic E-state index is 0.0155. The lowest BCUT2D eigenvalue weighted by molar-refractivity contribution is -0.148. The largest absolute Gasteiger partial charge is 0.494 e. The van der Waals surface area contributed by atoms with Crippen LogP contribution < -0.4 is 10.1 Å². The molecule has 0 aliphatic heterocycles. The molecule has 0 unspecified atom stereocenters. The van der Waals surface area contributed by atoms with E-state index in [-0.39, 0.29) is 24.7 Å². The third-order valence-corrected chi connectivity index (χ3v) is 3.17. The lowest BCUT2D eigenvalue weighted by atomic mass is 10.1. The zero-order chi connectivity index (χ0) is 17.9. The first-order chi connectivity index (χ1) is 11.5. The van der Waals surface area contributed by atoms with Crippen molar-refractivity contribution in [1.29, 1.82) is 0 Å². The topological polar surface area (TPSA) is 102 Å². The number of carbonyl (C=O) groups excluding carboxylic acids is 3. The molecule has 1 amide bonds. The quantitative estimate of drug-likeness (QED) is 0.376. The Morgan fingerprint density at radius 1 is 1.21 bits per heavy atom. The lowest BCUT2D eigenvalue weighted by Crippen LogP contribution is -2.44. The number of ketones is 1. The maximum Gasteiger partial charge on any atom is 0.331 e. The average molecular weight is 337 g/mol. The van der Waals surface area contributed by atoms with E-state index < -0.39 is 18.6 Å². The minimum atomic E-state index is -1.04. The molecule has 7 heteroatoms. The number of hydrogen-bond donors (Lipinski definition) is 2. The van der Waals surface area contributed by atoms with Gasteiger partial charge in [0.1, 0.15) is 5.75 Å². The van der Waals surface area contributed by atoms with E-state index in [2.05, 4.69) is 5.32 Å². The van der Waals surface area contributed by atoms with E-state index >= 15 is 0 Å². The smallest absolute Gasteiger partial charge is 0.331 e. The molecule has 0 aromatic heterocycles. The fraction of sp³-hybridized carbons (Fsp3) is 0.471. The standard InChI is InChI=1S/C17H23NO6/c1-3-23-17(22)15(11-19)18-16(21)5-4-10-24-14-8-6-13(7-9-14)12(2)20/h6-9,15,19H,3-5,10-11H2,1-2H3,(H,18,21)/t15-/m0/s1. The fourth-order valence-electron chi connectivity index (χ4n) is 1.90. The van der Waals surface area contributed by atoms with Crippen LogP contribution in [-0.4, -0.2) is 48.6 Å². The molecule has 0 heterocycles. The average Bonchev–Trinajstić information content (AvgIpc) is 2.57. The van der Waals surface area contributed by atoms with Crippen LogP contribution in [0.25, 0.3) is 0 Å².